The highest BCUT2D eigenvalue weighted by Gasteiger charge is 2.12. The third-order valence-corrected chi connectivity index (χ3v) is 3.87. The summed E-state index contributed by atoms with van der Waals surface area (Å²) in [6.45, 7) is 4.88. The number of amides is 1. The summed E-state index contributed by atoms with van der Waals surface area (Å²) in [4.78, 5) is 23.9. The fourth-order valence-corrected chi connectivity index (χ4v) is 2.34. The number of hydrogen-bond donors (Lipinski definition) is 1. The molecular weight excluding hydrogens is 330 g/mol. The minimum Gasteiger partial charge on any atom is -0.494 e. The van der Waals surface area contributed by atoms with Crippen molar-refractivity contribution in [3.8, 4) is 5.75 Å². The van der Waals surface area contributed by atoms with Crippen LogP contribution in [0.5, 0.6) is 5.75 Å². The van der Waals surface area contributed by atoms with E-state index >= 15 is 0 Å². The molecule has 0 fully saturated rings. The standard InChI is InChI=1S/C21H25NO4/c1-3-13-25-19-11-9-18(10-12-19)21(24)26-15-20(23)22-14-16(2)17-7-5-4-6-8-17/h4-12,16H,3,13-15H2,1-2H3,(H,22,23)/t16-/m0/s1. The molecular formula is C21H25NO4. The van der Waals surface area contributed by atoms with Gasteiger partial charge in [0.25, 0.3) is 5.91 Å². The molecule has 0 saturated carbocycles. The Labute approximate surface area is 154 Å². The SMILES string of the molecule is CCCOc1ccc(C(=O)OCC(=O)NC[C@H](C)c2ccccc2)cc1. The van der Waals surface area contributed by atoms with Gasteiger partial charge in [-0.1, -0.05) is 44.2 Å². The van der Waals surface area contributed by atoms with Crippen LogP contribution < -0.4 is 10.1 Å². The summed E-state index contributed by atoms with van der Waals surface area (Å²) in [6, 6.07) is 16.6. The summed E-state index contributed by atoms with van der Waals surface area (Å²) < 4.78 is 10.5. The maximum Gasteiger partial charge on any atom is 0.338 e. The van der Waals surface area contributed by atoms with Gasteiger partial charge < -0.3 is 14.8 Å². The van der Waals surface area contributed by atoms with Gasteiger partial charge in [0.2, 0.25) is 0 Å². The second-order valence-corrected chi connectivity index (χ2v) is 6.06. The average Bonchev–Trinajstić information content (AvgIpc) is 2.69. The molecule has 2 rings (SSSR count). The van der Waals surface area contributed by atoms with Crippen molar-refractivity contribution in [1.29, 1.82) is 0 Å². The first kappa shape index (κ1) is 19.5. The molecule has 2 aromatic carbocycles. The number of esters is 1. The molecule has 0 unspecified atom stereocenters. The van der Waals surface area contributed by atoms with E-state index < -0.39 is 5.97 Å². The molecule has 5 nitrogen and oxygen atoms in total. The monoisotopic (exact) mass is 355 g/mol. The molecule has 0 aliphatic carbocycles. The van der Waals surface area contributed by atoms with Crippen LogP contribution in [0.3, 0.4) is 0 Å². The van der Waals surface area contributed by atoms with Crippen LogP contribution >= 0.6 is 0 Å². The Morgan fingerprint density at radius 3 is 2.38 bits per heavy atom. The predicted octanol–water partition coefficient (Wildman–Crippen LogP) is 3.55. The maximum atomic E-state index is 12.0. The van der Waals surface area contributed by atoms with Crippen molar-refractivity contribution >= 4 is 11.9 Å². The van der Waals surface area contributed by atoms with Gasteiger partial charge in [-0.05, 0) is 42.2 Å². The Hall–Kier alpha value is -2.82. The van der Waals surface area contributed by atoms with Gasteiger partial charge in [-0.2, -0.15) is 0 Å². The van der Waals surface area contributed by atoms with Gasteiger partial charge in [-0.3, -0.25) is 4.79 Å². The Morgan fingerprint density at radius 2 is 1.73 bits per heavy atom. The second kappa shape index (κ2) is 10.2. The number of hydrogen-bond acceptors (Lipinski definition) is 4. The van der Waals surface area contributed by atoms with Gasteiger partial charge >= 0.3 is 5.97 Å². The molecule has 0 bridgehead atoms. The van der Waals surface area contributed by atoms with Gasteiger partial charge in [-0.25, -0.2) is 4.79 Å². The third kappa shape index (κ3) is 6.24. The van der Waals surface area contributed by atoms with Gasteiger partial charge in [0, 0.05) is 6.54 Å². The van der Waals surface area contributed by atoms with Crippen LogP contribution in [0.25, 0.3) is 0 Å². The molecule has 0 heterocycles. The van der Waals surface area contributed by atoms with Crippen LogP contribution in [0, 0.1) is 0 Å². The van der Waals surface area contributed by atoms with Gasteiger partial charge in [-0.15, -0.1) is 0 Å². The van der Waals surface area contributed by atoms with E-state index in [2.05, 4.69) is 5.32 Å². The number of rotatable bonds is 9. The van der Waals surface area contributed by atoms with Crippen LogP contribution in [0.15, 0.2) is 54.6 Å². The van der Waals surface area contributed by atoms with E-state index in [9.17, 15) is 9.59 Å². The van der Waals surface area contributed by atoms with E-state index in [1.807, 2.05) is 44.2 Å². The highest BCUT2D eigenvalue weighted by Crippen LogP contribution is 2.14. The number of ether oxygens (including phenoxy) is 2. The molecule has 0 aromatic heterocycles. The topological polar surface area (TPSA) is 64.6 Å². The molecule has 5 heteroatoms. The highest BCUT2D eigenvalue weighted by atomic mass is 16.5. The lowest BCUT2D eigenvalue weighted by atomic mass is 10.0. The van der Waals surface area contributed by atoms with Crippen molar-refractivity contribution in [2.75, 3.05) is 19.8 Å². The highest BCUT2D eigenvalue weighted by molar-refractivity contribution is 5.91. The molecule has 0 spiro atoms. The summed E-state index contributed by atoms with van der Waals surface area (Å²) >= 11 is 0. The largest absolute Gasteiger partial charge is 0.494 e. The lowest BCUT2D eigenvalue weighted by Gasteiger charge is -2.13. The quantitative estimate of drug-likeness (QED) is 0.699. The molecule has 0 aliphatic rings. The van der Waals surface area contributed by atoms with Crippen LogP contribution in [0.2, 0.25) is 0 Å². The van der Waals surface area contributed by atoms with Crippen molar-refractivity contribution in [1.82, 2.24) is 5.32 Å². The van der Waals surface area contributed by atoms with E-state index in [1.165, 1.54) is 0 Å². The van der Waals surface area contributed by atoms with Crippen molar-refractivity contribution in [3.63, 3.8) is 0 Å². The zero-order valence-electron chi connectivity index (χ0n) is 15.2. The van der Waals surface area contributed by atoms with Crippen molar-refractivity contribution in [2.24, 2.45) is 0 Å². The smallest absolute Gasteiger partial charge is 0.338 e. The molecule has 0 aliphatic heterocycles. The van der Waals surface area contributed by atoms with Crippen LogP contribution in [0.4, 0.5) is 0 Å². The molecule has 1 atom stereocenters. The number of nitrogens with one attached hydrogen (secondary N) is 1. The summed E-state index contributed by atoms with van der Waals surface area (Å²) in [7, 11) is 0. The van der Waals surface area contributed by atoms with E-state index in [0.29, 0.717) is 24.5 Å². The zero-order chi connectivity index (χ0) is 18.8. The summed E-state index contributed by atoms with van der Waals surface area (Å²) in [5.74, 6) is 0.0462. The van der Waals surface area contributed by atoms with Crippen LogP contribution in [-0.2, 0) is 9.53 Å². The third-order valence-electron chi connectivity index (χ3n) is 3.87. The van der Waals surface area contributed by atoms with Gasteiger partial charge in [0.1, 0.15) is 5.75 Å². The fraction of sp³-hybridized carbons (Fsp3) is 0.333. The van der Waals surface area contributed by atoms with Crippen molar-refractivity contribution < 1.29 is 19.1 Å². The summed E-state index contributed by atoms with van der Waals surface area (Å²) in [5.41, 5.74) is 1.54. The Bertz CT molecular complexity index is 698. The Morgan fingerprint density at radius 1 is 1.04 bits per heavy atom. The molecule has 26 heavy (non-hydrogen) atoms. The first-order chi connectivity index (χ1) is 12.6. The van der Waals surface area contributed by atoms with E-state index in [1.54, 1.807) is 24.3 Å². The normalized spacial score (nSPS) is 11.5. The second-order valence-electron chi connectivity index (χ2n) is 6.06. The predicted molar refractivity (Wildman–Crippen MR) is 100 cm³/mol. The number of benzene rings is 2. The van der Waals surface area contributed by atoms with E-state index in [0.717, 1.165) is 12.0 Å². The van der Waals surface area contributed by atoms with Gasteiger partial charge in [0.15, 0.2) is 6.61 Å². The van der Waals surface area contributed by atoms with E-state index in [-0.39, 0.29) is 18.4 Å². The number of carbonyl (C=O) groups excluding carboxylic acids is 2. The molecule has 1 amide bonds. The fourth-order valence-electron chi connectivity index (χ4n) is 2.34. The first-order valence-corrected chi connectivity index (χ1v) is 8.81. The van der Waals surface area contributed by atoms with E-state index in [4.69, 9.17) is 9.47 Å². The molecule has 1 N–H and O–H groups in total. The molecule has 0 radical (unpaired) electrons. The summed E-state index contributed by atoms with van der Waals surface area (Å²) in [5, 5.41) is 2.78. The zero-order valence-corrected chi connectivity index (χ0v) is 15.2. The summed E-state index contributed by atoms with van der Waals surface area (Å²) in [6.07, 6.45) is 0.918. The Balaban J connectivity index is 1.73. The minimum atomic E-state index is -0.529. The minimum absolute atomic E-state index is 0.187. The van der Waals surface area contributed by atoms with Crippen molar-refractivity contribution in [3.05, 3.63) is 65.7 Å². The van der Waals surface area contributed by atoms with Crippen LogP contribution in [0.1, 0.15) is 42.1 Å². The van der Waals surface area contributed by atoms with Crippen LogP contribution in [-0.4, -0.2) is 31.6 Å². The van der Waals surface area contributed by atoms with Gasteiger partial charge in [0.05, 0.1) is 12.2 Å². The average molecular weight is 355 g/mol. The molecule has 0 saturated heterocycles. The lowest BCUT2D eigenvalue weighted by molar-refractivity contribution is -0.124. The number of carbonyl (C=O) groups is 2. The lowest BCUT2D eigenvalue weighted by Crippen LogP contribution is -2.31. The molecule has 138 valence electrons. The first-order valence-electron chi connectivity index (χ1n) is 8.81. The maximum absolute atomic E-state index is 12.0. The molecule has 2 aromatic rings. The Kier molecular flexibility index (Phi) is 7.68. The van der Waals surface area contributed by atoms with Crippen molar-refractivity contribution in [2.45, 2.75) is 26.2 Å².